The quantitative estimate of drug-likeness (QED) is 0.873. The molecule has 1 heterocycles. The maximum atomic E-state index is 4.94. The Balaban J connectivity index is 1.77. The van der Waals surface area contributed by atoms with Crippen molar-refractivity contribution in [3.63, 3.8) is 0 Å². The molecule has 0 saturated heterocycles. The van der Waals surface area contributed by atoms with Gasteiger partial charge in [0.15, 0.2) is 0 Å². The Hall–Kier alpha value is -0.410. The lowest BCUT2D eigenvalue weighted by Gasteiger charge is -2.22. The monoisotopic (exact) mass is 264 g/mol. The lowest BCUT2D eigenvalue weighted by molar-refractivity contribution is 0.367. The minimum Gasteiger partial charge on any atom is -0.308 e. The first-order valence-corrected chi connectivity index (χ1v) is 8.42. The van der Waals surface area contributed by atoms with Gasteiger partial charge in [0.2, 0.25) is 0 Å². The van der Waals surface area contributed by atoms with E-state index in [0.29, 0.717) is 6.04 Å². The molecule has 18 heavy (non-hydrogen) atoms. The number of hydrogen-bond donors (Lipinski definition) is 1. The highest BCUT2D eigenvalue weighted by atomic mass is 32.1. The van der Waals surface area contributed by atoms with E-state index in [1.54, 1.807) is 4.88 Å². The van der Waals surface area contributed by atoms with E-state index in [4.69, 9.17) is 4.98 Å². The second-order valence-corrected chi connectivity index (χ2v) is 6.87. The molecule has 0 radical (unpaired) electrons. The van der Waals surface area contributed by atoms with Gasteiger partial charge in [0, 0.05) is 4.88 Å². The van der Waals surface area contributed by atoms with Gasteiger partial charge in [0.05, 0.1) is 11.7 Å². The van der Waals surface area contributed by atoms with E-state index in [1.165, 1.54) is 62.1 Å². The van der Waals surface area contributed by atoms with Gasteiger partial charge in [0.25, 0.3) is 0 Å². The van der Waals surface area contributed by atoms with Crippen molar-refractivity contribution in [2.45, 2.75) is 64.3 Å². The van der Waals surface area contributed by atoms with E-state index in [2.05, 4.69) is 12.2 Å². The van der Waals surface area contributed by atoms with Crippen LogP contribution >= 0.6 is 11.3 Å². The Morgan fingerprint density at radius 2 is 2.11 bits per heavy atom. The molecule has 3 rings (SSSR count). The topological polar surface area (TPSA) is 24.9 Å². The van der Waals surface area contributed by atoms with Gasteiger partial charge in [-0.05, 0) is 51.0 Å². The molecule has 1 fully saturated rings. The number of nitrogens with one attached hydrogen (secondary N) is 1. The van der Waals surface area contributed by atoms with E-state index < -0.39 is 0 Å². The molecule has 100 valence electrons. The zero-order chi connectivity index (χ0) is 12.4. The number of aromatic nitrogens is 1. The minimum atomic E-state index is 0.544. The summed E-state index contributed by atoms with van der Waals surface area (Å²) in [5.41, 5.74) is 1.41. The van der Waals surface area contributed by atoms with Crippen LogP contribution in [0.25, 0.3) is 0 Å². The first-order chi connectivity index (χ1) is 8.88. The molecule has 0 bridgehead atoms. The average Bonchev–Trinajstić information content (AvgIpc) is 3.05. The van der Waals surface area contributed by atoms with Crippen molar-refractivity contribution in [2.75, 3.05) is 6.54 Å². The number of thiazole rings is 1. The van der Waals surface area contributed by atoms with Crippen LogP contribution < -0.4 is 5.32 Å². The largest absolute Gasteiger partial charge is 0.308 e. The van der Waals surface area contributed by atoms with E-state index in [0.717, 1.165) is 12.5 Å². The summed E-state index contributed by atoms with van der Waals surface area (Å²) in [6.45, 7) is 3.38. The molecule has 1 aromatic heterocycles. The summed E-state index contributed by atoms with van der Waals surface area (Å²) in [5.74, 6) is 0.836. The van der Waals surface area contributed by atoms with Crippen LogP contribution in [0.15, 0.2) is 0 Å². The number of hydrogen-bond acceptors (Lipinski definition) is 3. The van der Waals surface area contributed by atoms with Gasteiger partial charge in [-0.25, -0.2) is 4.98 Å². The first kappa shape index (κ1) is 12.6. The van der Waals surface area contributed by atoms with Gasteiger partial charge < -0.3 is 5.32 Å². The fourth-order valence-corrected chi connectivity index (χ4v) is 4.71. The van der Waals surface area contributed by atoms with E-state index in [-0.39, 0.29) is 0 Å². The minimum absolute atomic E-state index is 0.544. The normalized spacial score (nSPS) is 21.4. The molecule has 3 heteroatoms. The number of fused-ring (bicyclic) bond motifs is 1. The number of aryl methyl sites for hydroxylation is 2. The summed E-state index contributed by atoms with van der Waals surface area (Å²) in [5, 5.41) is 5.15. The lowest BCUT2D eigenvalue weighted by atomic mass is 9.98. The summed E-state index contributed by atoms with van der Waals surface area (Å²) < 4.78 is 0. The van der Waals surface area contributed by atoms with Crippen molar-refractivity contribution in [1.29, 1.82) is 0 Å². The second-order valence-electron chi connectivity index (χ2n) is 5.75. The molecule has 0 aromatic carbocycles. The maximum Gasteiger partial charge on any atom is 0.110 e. The van der Waals surface area contributed by atoms with Crippen LogP contribution in [0.3, 0.4) is 0 Å². The highest BCUT2D eigenvalue weighted by Crippen LogP contribution is 2.39. The molecular formula is C15H24N2S. The fraction of sp³-hybridized carbons (Fsp3) is 0.800. The van der Waals surface area contributed by atoms with Crippen LogP contribution in [-0.4, -0.2) is 11.5 Å². The molecule has 1 aromatic rings. The molecule has 1 unspecified atom stereocenters. The van der Waals surface area contributed by atoms with Crippen LogP contribution in [-0.2, 0) is 12.8 Å². The smallest absolute Gasteiger partial charge is 0.110 e. The summed E-state index contributed by atoms with van der Waals surface area (Å²) in [7, 11) is 0. The van der Waals surface area contributed by atoms with Crippen LogP contribution in [0.4, 0.5) is 0 Å². The maximum absolute atomic E-state index is 4.94. The van der Waals surface area contributed by atoms with Gasteiger partial charge >= 0.3 is 0 Å². The Labute approximate surface area is 114 Å². The van der Waals surface area contributed by atoms with Crippen LogP contribution in [0.2, 0.25) is 0 Å². The number of rotatable bonds is 5. The molecule has 2 aliphatic carbocycles. The predicted molar refractivity (Wildman–Crippen MR) is 77.1 cm³/mol. The Bertz CT molecular complexity index is 372. The molecule has 0 amide bonds. The predicted octanol–water partition coefficient (Wildman–Crippen LogP) is 3.86. The fourth-order valence-electron chi connectivity index (χ4n) is 3.39. The summed E-state index contributed by atoms with van der Waals surface area (Å²) in [4.78, 5) is 6.52. The van der Waals surface area contributed by atoms with E-state index >= 15 is 0 Å². The summed E-state index contributed by atoms with van der Waals surface area (Å²) >= 11 is 1.99. The Kier molecular flexibility index (Phi) is 4.00. The third-order valence-electron chi connectivity index (χ3n) is 4.36. The molecule has 1 saturated carbocycles. The Morgan fingerprint density at radius 3 is 2.83 bits per heavy atom. The van der Waals surface area contributed by atoms with E-state index in [9.17, 15) is 0 Å². The first-order valence-electron chi connectivity index (χ1n) is 7.60. The average molecular weight is 264 g/mol. The van der Waals surface area contributed by atoms with Crippen LogP contribution in [0.1, 0.15) is 67.1 Å². The lowest BCUT2D eigenvalue weighted by Crippen LogP contribution is -2.27. The zero-order valence-corrected chi connectivity index (χ0v) is 12.2. The van der Waals surface area contributed by atoms with Gasteiger partial charge in [-0.1, -0.05) is 19.8 Å². The van der Waals surface area contributed by atoms with Crippen molar-refractivity contribution in [3.8, 4) is 0 Å². The Morgan fingerprint density at radius 1 is 1.28 bits per heavy atom. The van der Waals surface area contributed by atoms with Crippen molar-refractivity contribution in [2.24, 2.45) is 5.92 Å². The third kappa shape index (κ3) is 2.48. The second kappa shape index (κ2) is 5.70. The molecule has 1 atom stereocenters. The molecule has 0 spiro atoms. The van der Waals surface area contributed by atoms with Gasteiger partial charge in [-0.3, -0.25) is 0 Å². The highest BCUT2D eigenvalue weighted by Gasteiger charge is 2.29. The van der Waals surface area contributed by atoms with Crippen LogP contribution in [0.5, 0.6) is 0 Å². The molecular weight excluding hydrogens is 240 g/mol. The third-order valence-corrected chi connectivity index (χ3v) is 5.60. The SMILES string of the molecule is CCCNC(c1nc2c(s1)CCC2)C1CCCC1. The van der Waals surface area contributed by atoms with Crippen LogP contribution in [0, 0.1) is 5.92 Å². The molecule has 1 N–H and O–H groups in total. The zero-order valence-electron chi connectivity index (χ0n) is 11.4. The molecule has 2 aliphatic rings. The standard InChI is InChI=1S/C15H24N2S/c1-2-10-16-14(11-6-3-4-7-11)15-17-12-8-5-9-13(12)18-15/h11,14,16H,2-10H2,1H3. The van der Waals surface area contributed by atoms with Crippen molar-refractivity contribution >= 4 is 11.3 Å². The molecule has 2 nitrogen and oxygen atoms in total. The highest BCUT2D eigenvalue weighted by molar-refractivity contribution is 7.11. The number of nitrogens with zero attached hydrogens (tertiary/aromatic N) is 1. The van der Waals surface area contributed by atoms with E-state index in [1.807, 2.05) is 11.3 Å². The molecule has 0 aliphatic heterocycles. The summed E-state index contributed by atoms with van der Waals surface area (Å²) in [6.07, 6.45) is 10.7. The summed E-state index contributed by atoms with van der Waals surface area (Å²) in [6, 6.07) is 0.544. The van der Waals surface area contributed by atoms with Crippen molar-refractivity contribution in [1.82, 2.24) is 10.3 Å². The van der Waals surface area contributed by atoms with Gasteiger partial charge in [0.1, 0.15) is 5.01 Å². The van der Waals surface area contributed by atoms with Crippen molar-refractivity contribution < 1.29 is 0 Å². The van der Waals surface area contributed by atoms with Gasteiger partial charge in [-0.2, -0.15) is 0 Å². The van der Waals surface area contributed by atoms with Crippen molar-refractivity contribution in [3.05, 3.63) is 15.6 Å². The van der Waals surface area contributed by atoms with Gasteiger partial charge in [-0.15, -0.1) is 11.3 Å².